The Morgan fingerprint density at radius 1 is 1.04 bits per heavy atom. The molecule has 2 aromatic carbocycles. The molecule has 0 unspecified atom stereocenters. The van der Waals surface area contributed by atoms with E-state index in [-0.39, 0.29) is 5.56 Å². The average molecular weight is 344 g/mol. The van der Waals surface area contributed by atoms with Gasteiger partial charge in [-0.2, -0.15) is 5.26 Å². The number of benzene rings is 2. The van der Waals surface area contributed by atoms with Gasteiger partial charge in [0, 0.05) is 5.92 Å². The predicted molar refractivity (Wildman–Crippen MR) is 97.1 cm³/mol. The number of aromatic nitrogens is 2. The van der Waals surface area contributed by atoms with Crippen LogP contribution in [-0.2, 0) is 4.79 Å². The lowest BCUT2D eigenvalue weighted by Gasteiger charge is -2.26. The molecule has 1 aliphatic heterocycles. The minimum Gasteiger partial charge on any atom is -0.310 e. The normalized spacial score (nSPS) is 18.7. The number of rotatable bonds is 2. The van der Waals surface area contributed by atoms with E-state index in [0.717, 1.165) is 11.1 Å². The number of fused-ring (bicyclic) bond motifs is 1. The maximum atomic E-state index is 13.1. The van der Waals surface area contributed by atoms with Crippen LogP contribution in [0, 0.1) is 24.2 Å². The van der Waals surface area contributed by atoms with Crippen LogP contribution in [0.15, 0.2) is 59.4 Å². The number of carbonyl (C=O) groups is 1. The molecule has 2 heterocycles. The second-order valence-electron chi connectivity index (χ2n) is 6.36. The molecular weight excluding hydrogens is 328 g/mol. The summed E-state index contributed by atoms with van der Waals surface area (Å²) in [5.74, 6) is -1.64. The van der Waals surface area contributed by atoms with Gasteiger partial charge in [0.1, 0.15) is 11.7 Å². The standard InChI is InChI=1S/C20H16N4O2/c1-12-7-9-13(10-8-12)16-15(11-21)19(25)22-18-17(16)20(26)24(23-18)14-5-3-2-4-6-14/h2-10,15-16,23H,1H3,(H,22,25)/t15-,16-/m0/s1. The SMILES string of the molecule is Cc1ccc([C@@H]2c3c([nH]n(-c4ccccc4)c3=O)NC(=O)[C@H]2C#N)cc1. The minimum absolute atomic E-state index is 0.267. The molecule has 0 radical (unpaired) electrons. The second-order valence-corrected chi connectivity index (χ2v) is 6.36. The van der Waals surface area contributed by atoms with Crippen LogP contribution in [-0.4, -0.2) is 15.7 Å². The summed E-state index contributed by atoms with van der Waals surface area (Å²) in [7, 11) is 0. The minimum atomic E-state index is -0.960. The molecule has 2 N–H and O–H groups in total. The van der Waals surface area contributed by atoms with Gasteiger partial charge in [0.05, 0.1) is 17.3 Å². The van der Waals surface area contributed by atoms with Crippen molar-refractivity contribution in [3.05, 3.63) is 81.6 Å². The fourth-order valence-electron chi connectivity index (χ4n) is 3.38. The van der Waals surface area contributed by atoms with Crippen molar-refractivity contribution >= 4 is 11.7 Å². The summed E-state index contributed by atoms with van der Waals surface area (Å²) in [6, 6.07) is 18.7. The molecule has 0 saturated carbocycles. The number of nitrogens with one attached hydrogen (secondary N) is 2. The highest BCUT2D eigenvalue weighted by atomic mass is 16.2. The fraction of sp³-hybridized carbons (Fsp3) is 0.150. The zero-order chi connectivity index (χ0) is 18.3. The molecule has 26 heavy (non-hydrogen) atoms. The van der Waals surface area contributed by atoms with Crippen LogP contribution in [0.5, 0.6) is 0 Å². The molecule has 3 aromatic rings. The summed E-state index contributed by atoms with van der Waals surface area (Å²) in [5, 5.41) is 15.2. The molecule has 1 aromatic heterocycles. The number of hydrogen-bond donors (Lipinski definition) is 2. The van der Waals surface area contributed by atoms with Gasteiger partial charge in [0.2, 0.25) is 5.91 Å². The van der Waals surface area contributed by atoms with Crippen LogP contribution in [0.1, 0.15) is 22.6 Å². The first-order valence-corrected chi connectivity index (χ1v) is 8.27. The van der Waals surface area contributed by atoms with E-state index in [1.54, 1.807) is 12.1 Å². The van der Waals surface area contributed by atoms with Gasteiger partial charge in [0.15, 0.2) is 0 Å². The smallest absolute Gasteiger partial charge is 0.277 e. The largest absolute Gasteiger partial charge is 0.310 e. The highest BCUT2D eigenvalue weighted by Crippen LogP contribution is 2.38. The third-order valence-electron chi connectivity index (χ3n) is 4.69. The maximum absolute atomic E-state index is 13.1. The summed E-state index contributed by atoms with van der Waals surface area (Å²) in [4.78, 5) is 25.5. The van der Waals surface area contributed by atoms with Crippen LogP contribution in [0.3, 0.4) is 0 Å². The monoisotopic (exact) mass is 344 g/mol. The Bertz CT molecular complexity index is 1070. The molecule has 4 rings (SSSR count). The highest BCUT2D eigenvalue weighted by molar-refractivity contribution is 5.97. The summed E-state index contributed by atoms with van der Waals surface area (Å²) < 4.78 is 1.39. The molecule has 6 heteroatoms. The first kappa shape index (κ1) is 15.9. The van der Waals surface area contributed by atoms with Gasteiger partial charge in [-0.1, -0.05) is 48.0 Å². The lowest BCUT2D eigenvalue weighted by Crippen LogP contribution is -2.35. The number of carbonyl (C=O) groups excluding carboxylic acids is 1. The topological polar surface area (TPSA) is 90.7 Å². The Morgan fingerprint density at radius 2 is 1.73 bits per heavy atom. The summed E-state index contributed by atoms with van der Waals surface area (Å²) in [6.45, 7) is 1.96. The highest BCUT2D eigenvalue weighted by Gasteiger charge is 2.40. The van der Waals surface area contributed by atoms with E-state index in [9.17, 15) is 14.9 Å². The molecular formula is C20H16N4O2. The lowest BCUT2D eigenvalue weighted by molar-refractivity contribution is -0.119. The quantitative estimate of drug-likeness (QED) is 0.749. The van der Waals surface area contributed by atoms with Gasteiger partial charge < -0.3 is 5.32 Å². The van der Waals surface area contributed by atoms with E-state index >= 15 is 0 Å². The number of aryl methyl sites for hydroxylation is 1. The Balaban J connectivity index is 1.94. The second kappa shape index (κ2) is 6.05. The van der Waals surface area contributed by atoms with Crippen molar-refractivity contribution < 1.29 is 4.79 Å². The lowest BCUT2D eigenvalue weighted by atomic mass is 9.79. The van der Waals surface area contributed by atoms with Crippen LogP contribution < -0.4 is 10.9 Å². The van der Waals surface area contributed by atoms with E-state index in [1.807, 2.05) is 49.4 Å². The fourth-order valence-corrected chi connectivity index (χ4v) is 3.38. The molecule has 0 bridgehead atoms. The molecule has 1 amide bonds. The van der Waals surface area contributed by atoms with Crippen LogP contribution in [0.25, 0.3) is 5.69 Å². The van der Waals surface area contributed by atoms with Crippen LogP contribution >= 0.6 is 0 Å². The van der Waals surface area contributed by atoms with E-state index in [2.05, 4.69) is 16.5 Å². The third kappa shape index (κ3) is 2.42. The van der Waals surface area contributed by atoms with Crippen LogP contribution in [0.2, 0.25) is 0 Å². The number of aromatic amines is 1. The van der Waals surface area contributed by atoms with Gasteiger partial charge in [-0.05, 0) is 24.6 Å². The Hall–Kier alpha value is -3.59. The van der Waals surface area contributed by atoms with Gasteiger partial charge in [0.25, 0.3) is 5.56 Å². The Labute approximate surface area is 149 Å². The first-order valence-electron chi connectivity index (χ1n) is 8.27. The molecule has 6 nitrogen and oxygen atoms in total. The summed E-state index contributed by atoms with van der Waals surface area (Å²) in [5.41, 5.74) is 2.64. The van der Waals surface area contributed by atoms with Gasteiger partial charge in [-0.15, -0.1) is 0 Å². The molecule has 2 atom stereocenters. The Morgan fingerprint density at radius 3 is 2.38 bits per heavy atom. The van der Waals surface area contributed by atoms with Crippen molar-refractivity contribution in [2.24, 2.45) is 5.92 Å². The number of hydrogen-bond acceptors (Lipinski definition) is 3. The predicted octanol–water partition coefficient (Wildman–Crippen LogP) is 2.70. The molecule has 0 fully saturated rings. The van der Waals surface area contributed by atoms with E-state index in [0.29, 0.717) is 17.1 Å². The summed E-state index contributed by atoms with van der Waals surface area (Å²) >= 11 is 0. The average Bonchev–Trinajstić information content (AvgIpc) is 2.98. The zero-order valence-corrected chi connectivity index (χ0v) is 14.1. The number of para-hydroxylation sites is 1. The number of amides is 1. The van der Waals surface area contributed by atoms with Gasteiger partial charge in [-0.3, -0.25) is 14.7 Å². The zero-order valence-electron chi connectivity index (χ0n) is 14.1. The number of nitrogens with zero attached hydrogens (tertiary/aromatic N) is 2. The molecule has 128 valence electrons. The maximum Gasteiger partial charge on any atom is 0.277 e. The summed E-state index contributed by atoms with van der Waals surface area (Å²) in [6.07, 6.45) is 0. The van der Waals surface area contributed by atoms with Gasteiger partial charge >= 0.3 is 0 Å². The number of nitriles is 1. The van der Waals surface area contributed by atoms with Crippen molar-refractivity contribution in [2.75, 3.05) is 5.32 Å². The molecule has 0 spiro atoms. The van der Waals surface area contributed by atoms with Crippen molar-refractivity contribution in [3.8, 4) is 11.8 Å². The van der Waals surface area contributed by atoms with Crippen molar-refractivity contribution in [1.82, 2.24) is 9.78 Å². The molecule has 0 saturated heterocycles. The number of H-pyrrole nitrogens is 1. The van der Waals surface area contributed by atoms with E-state index in [4.69, 9.17) is 0 Å². The van der Waals surface area contributed by atoms with Crippen molar-refractivity contribution in [1.29, 1.82) is 5.26 Å². The molecule has 1 aliphatic rings. The van der Waals surface area contributed by atoms with Crippen molar-refractivity contribution in [2.45, 2.75) is 12.8 Å². The van der Waals surface area contributed by atoms with Crippen molar-refractivity contribution in [3.63, 3.8) is 0 Å². The van der Waals surface area contributed by atoms with Crippen LogP contribution in [0.4, 0.5) is 5.82 Å². The van der Waals surface area contributed by atoms with Gasteiger partial charge in [-0.25, -0.2) is 4.68 Å². The first-order chi connectivity index (χ1) is 12.6. The molecule has 0 aliphatic carbocycles. The Kier molecular flexibility index (Phi) is 3.70. The van der Waals surface area contributed by atoms with E-state index in [1.165, 1.54) is 4.68 Å². The third-order valence-corrected chi connectivity index (χ3v) is 4.69. The number of anilines is 1. The van der Waals surface area contributed by atoms with E-state index < -0.39 is 17.7 Å².